The topological polar surface area (TPSA) is 47.6 Å². The van der Waals surface area contributed by atoms with Gasteiger partial charge in [-0.3, -0.25) is 4.79 Å². The number of hydrogen-bond acceptors (Lipinski definition) is 3. The smallest absolute Gasteiger partial charge is 0.243 e. The van der Waals surface area contributed by atoms with Crippen LogP contribution >= 0.6 is 0 Å². The van der Waals surface area contributed by atoms with E-state index in [9.17, 15) is 4.79 Å². The molecule has 0 unspecified atom stereocenters. The predicted molar refractivity (Wildman–Crippen MR) is 106 cm³/mol. The minimum absolute atomic E-state index is 0.0322. The molecule has 1 aromatic carbocycles. The molecule has 1 amide bonds. The highest BCUT2D eigenvalue weighted by Crippen LogP contribution is 2.35. The largest absolute Gasteiger partial charge is 0.454 e. The number of benzene rings is 1. The van der Waals surface area contributed by atoms with Crippen LogP contribution in [0, 0.1) is 5.92 Å². The van der Waals surface area contributed by atoms with Crippen molar-refractivity contribution in [2.75, 3.05) is 13.3 Å². The second-order valence-corrected chi connectivity index (χ2v) is 6.69. The summed E-state index contributed by atoms with van der Waals surface area (Å²) in [7, 11) is 0. The van der Waals surface area contributed by atoms with Crippen molar-refractivity contribution in [3.05, 3.63) is 54.1 Å². The summed E-state index contributed by atoms with van der Waals surface area (Å²) in [5.74, 6) is 2.11. The van der Waals surface area contributed by atoms with Gasteiger partial charge in [-0.2, -0.15) is 0 Å². The molecule has 1 heterocycles. The van der Waals surface area contributed by atoms with Crippen LogP contribution in [0.5, 0.6) is 11.5 Å². The Bertz CT molecular complexity index is 659. The van der Waals surface area contributed by atoms with Gasteiger partial charge in [0.2, 0.25) is 12.7 Å². The fraction of sp³-hybridized carbons (Fsp3) is 0.409. The Hall–Kier alpha value is -2.49. The molecule has 1 aliphatic heterocycles. The predicted octanol–water partition coefficient (Wildman–Crippen LogP) is 4.87. The van der Waals surface area contributed by atoms with E-state index in [0.717, 1.165) is 42.7 Å². The van der Waals surface area contributed by atoms with Crippen molar-refractivity contribution in [2.24, 2.45) is 5.92 Å². The van der Waals surface area contributed by atoms with Crippen LogP contribution in [0.15, 0.2) is 48.6 Å². The molecule has 1 aromatic rings. The molecule has 1 aliphatic rings. The van der Waals surface area contributed by atoms with Gasteiger partial charge in [-0.25, -0.2) is 0 Å². The van der Waals surface area contributed by atoms with Crippen molar-refractivity contribution in [1.82, 2.24) is 5.32 Å². The summed E-state index contributed by atoms with van der Waals surface area (Å²) in [6, 6.07) is 5.94. The number of fused-ring (bicyclic) bond motifs is 1. The molecular weight excluding hydrogens is 326 g/mol. The first-order valence-corrected chi connectivity index (χ1v) is 9.33. The molecule has 0 saturated heterocycles. The number of amides is 1. The fourth-order valence-corrected chi connectivity index (χ4v) is 2.50. The fourth-order valence-electron chi connectivity index (χ4n) is 2.50. The molecule has 4 nitrogen and oxygen atoms in total. The third-order valence-electron chi connectivity index (χ3n) is 3.90. The van der Waals surface area contributed by atoms with Gasteiger partial charge in [0, 0.05) is 18.2 Å². The molecule has 1 N–H and O–H groups in total. The van der Waals surface area contributed by atoms with Crippen molar-refractivity contribution in [2.45, 2.75) is 39.5 Å². The first-order chi connectivity index (χ1) is 12.7. The van der Waals surface area contributed by atoms with E-state index in [1.54, 1.807) is 12.2 Å². The second-order valence-electron chi connectivity index (χ2n) is 6.69. The van der Waals surface area contributed by atoms with Crippen LogP contribution in [0.3, 0.4) is 0 Å². The first kappa shape index (κ1) is 19.8. The number of ether oxygens (including phenoxy) is 2. The van der Waals surface area contributed by atoms with Crippen LogP contribution in [0.2, 0.25) is 0 Å². The van der Waals surface area contributed by atoms with E-state index in [-0.39, 0.29) is 5.91 Å². The van der Waals surface area contributed by atoms with E-state index < -0.39 is 0 Å². The van der Waals surface area contributed by atoms with Gasteiger partial charge >= 0.3 is 0 Å². The summed E-state index contributed by atoms with van der Waals surface area (Å²) >= 11 is 0. The zero-order valence-corrected chi connectivity index (χ0v) is 15.7. The molecule has 0 aromatic heterocycles. The van der Waals surface area contributed by atoms with E-state index in [4.69, 9.17) is 9.47 Å². The summed E-state index contributed by atoms with van der Waals surface area (Å²) in [5, 5.41) is 2.85. The van der Waals surface area contributed by atoms with Crippen LogP contribution in [0.25, 0.3) is 6.08 Å². The summed E-state index contributed by atoms with van der Waals surface area (Å²) in [5.41, 5.74) is 1.07. The van der Waals surface area contributed by atoms with Gasteiger partial charge < -0.3 is 14.8 Å². The zero-order chi connectivity index (χ0) is 18.6. The molecule has 0 fully saturated rings. The Morgan fingerprint density at radius 1 is 1.15 bits per heavy atom. The highest BCUT2D eigenvalue weighted by Gasteiger charge is 2.15. The van der Waals surface area contributed by atoms with Crippen LogP contribution in [-0.2, 0) is 4.79 Å². The van der Waals surface area contributed by atoms with Gasteiger partial charge in [-0.05, 0) is 37.7 Å². The quantitative estimate of drug-likeness (QED) is 0.370. The highest BCUT2D eigenvalue weighted by molar-refractivity contribution is 5.87. The average molecular weight is 355 g/mol. The number of unbranched alkanes of at least 4 members (excludes halogenated alkanes) is 3. The Morgan fingerprint density at radius 3 is 2.77 bits per heavy atom. The normalized spacial score (nSPS) is 13.5. The molecule has 0 spiro atoms. The lowest BCUT2D eigenvalue weighted by molar-refractivity contribution is -0.116. The van der Waals surface area contributed by atoms with E-state index in [0.29, 0.717) is 19.3 Å². The third-order valence-corrected chi connectivity index (χ3v) is 3.90. The van der Waals surface area contributed by atoms with Gasteiger partial charge in [-0.1, -0.05) is 56.4 Å². The van der Waals surface area contributed by atoms with Crippen molar-refractivity contribution >= 4 is 12.0 Å². The lowest BCUT2D eigenvalue weighted by atomic mass is 10.1. The Morgan fingerprint density at radius 2 is 1.96 bits per heavy atom. The van der Waals surface area contributed by atoms with E-state index in [1.165, 1.54) is 0 Å². The van der Waals surface area contributed by atoms with Crippen molar-refractivity contribution in [3.63, 3.8) is 0 Å². The number of nitrogens with one attached hydrogen (secondary N) is 1. The Kier molecular flexibility index (Phi) is 8.53. The van der Waals surface area contributed by atoms with Crippen LogP contribution < -0.4 is 14.8 Å². The molecule has 0 saturated carbocycles. The molecule has 0 aliphatic carbocycles. The molecule has 0 atom stereocenters. The molecular formula is C22H29NO3. The molecule has 140 valence electrons. The van der Waals surface area contributed by atoms with Crippen LogP contribution in [0.4, 0.5) is 0 Å². The van der Waals surface area contributed by atoms with Crippen molar-refractivity contribution in [3.8, 4) is 11.5 Å². The third kappa shape index (κ3) is 7.18. The monoisotopic (exact) mass is 355 g/mol. The van der Waals surface area contributed by atoms with Gasteiger partial charge in [0.1, 0.15) is 0 Å². The maximum Gasteiger partial charge on any atom is 0.243 e. The molecule has 0 radical (unpaired) electrons. The number of carbonyl (C=O) groups is 1. The minimum Gasteiger partial charge on any atom is -0.454 e. The minimum atomic E-state index is -0.0322. The lowest BCUT2D eigenvalue weighted by Crippen LogP contribution is -2.25. The maximum atomic E-state index is 11.5. The van der Waals surface area contributed by atoms with Gasteiger partial charge in [0.15, 0.2) is 11.5 Å². The number of rotatable bonds is 10. The number of para-hydroxylation sites is 1. The summed E-state index contributed by atoms with van der Waals surface area (Å²) in [4.78, 5) is 11.5. The summed E-state index contributed by atoms with van der Waals surface area (Å²) in [6.45, 7) is 5.17. The van der Waals surface area contributed by atoms with Gasteiger partial charge in [-0.15, -0.1) is 0 Å². The standard InChI is InChI=1S/C22H29NO3/c1-18(2)16-23-21(24)15-10-8-6-4-3-5-7-9-12-19-13-11-14-20-22(19)26-17-25-20/h6,8-15,18H,3-5,7,16-17H2,1-2H3,(H,23,24). The Balaban J connectivity index is 1.57. The van der Waals surface area contributed by atoms with Crippen molar-refractivity contribution in [1.29, 1.82) is 0 Å². The molecule has 0 bridgehead atoms. The maximum absolute atomic E-state index is 11.5. The summed E-state index contributed by atoms with van der Waals surface area (Å²) in [6.07, 6.45) is 16.0. The van der Waals surface area contributed by atoms with Crippen molar-refractivity contribution < 1.29 is 14.3 Å². The zero-order valence-electron chi connectivity index (χ0n) is 15.7. The lowest BCUT2D eigenvalue weighted by Gasteiger charge is -2.03. The van der Waals surface area contributed by atoms with Crippen LogP contribution in [-0.4, -0.2) is 19.2 Å². The molecule has 2 rings (SSSR count). The molecule has 4 heteroatoms. The summed E-state index contributed by atoms with van der Waals surface area (Å²) < 4.78 is 10.9. The number of carbonyl (C=O) groups excluding carboxylic acids is 1. The first-order valence-electron chi connectivity index (χ1n) is 9.33. The number of hydrogen-bond donors (Lipinski definition) is 1. The van der Waals surface area contributed by atoms with E-state index in [1.807, 2.05) is 24.3 Å². The van der Waals surface area contributed by atoms with E-state index >= 15 is 0 Å². The Labute approximate surface area is 156 Å². The number of allylic oxidation sites excluding steroid dienone is 4. The average Bonchev–Trinajstić information content (AvgIpc) is 3.11. The van der Waals surface area contributed by atoms with Gasteiger partial charge in [0.05, 0.1) is 0 Å². The second kappa shape index (κ2) is 11.2. The molecule has 26 heavy (non-hydrogen) atoms. The SMILES string of the molecule is CC(C)CNC(=O)C=CC=CCCCCC=Cc1cccc2c1OCO2. The highest BCUT2D eigenvalue weighted by atomic mass is 16.7. The van der Waals surface area contributed by atoms with Crippen LogP contribution in [0.1, 0.15) is 45.1 Å². The van der Waals surface area contributed by atoms with E-state index in [2.05, 4.69) is 37.4 Å². The van der Waals surface area contributed by atoms with Gasteiger partial charge in [0.25, 0.3) is 0 Å².